The van der Waals surface area contributed by atoms with E-state index in [9.17, 15) is 0 Å². The molecule has 0 nitrogen and oxygen atoms in total. The lowest BCUT2D eigenvalue weighted by Crippen LogP contribution is -2.19. The second-order valence-corrected chi connectivity index (χ2v) is 7.19. The first-order valence-electron chi connectivity index (χ1n) is 8.81. The van der Waals surface area contributed by atoms with Gasteiger partial charge < -0.3 is 0 Å². The molecular formula is C18H34. The second kappa shape index (κ2) is 7.56. The highest BCUT2D eigenvalue weighted by atomic mass is 14.3. The molecule has 0 spiro atoms. The summed E-state index contributed by atoms with van der Waals surface area (Å²) in [6.07, 6.45) is 18.2. The lowest BCUT2D eigenvalue weighted by molar-refractivity contribution is 0.203. The summed E-state index contributed by atoms with van der Waals surface area (Å²) >= 11 is 0. The molecule has 18 heavy (non-hydrogen) atoms. The van der Waals surface area contributed by atoms with Gasteiger partial charge in [-0.2, -0.15) is 0 Å². The molecule has 4 unspecified atom stereocenters. The molecule has 106 valence electrons. The topological polar surface area (TPSA) is 0 Å². The van der Waals surface area contributed by atoms with E-state index in [1.807, 2.05) is 0 Å². The number of rotatable bonds is 5. The number of hydrogen-bond donors (Lipinski definition) is 0. The Morgan fingerprint density at radius 1 is 0.611 bits per heavy atom. The summed E-state index contributed by atoms with van der Waals surface area (Å²) in [6, 6.07) is 0. The highest BCUT2D eigenvalue weighted by Gasteiger charge is 2.24. The first-order chi connectivity index (χ1) is 8.81. The van der Waals surface area contributed by atoms with E-state index in [-0.39, 0.29) is 0 Å². The van der Waals surface area contributed by atoms with E-state index in [1.165, 1.54) is 38.5 Å². The Balaban J connectivity index is 1.67. The third-order valence-corrected chi connectivity index (χ3v) is 5.92. The molecule has 0 aromatic heterocycles. The highest BCUT2D eigenvalue weighted by Crippen LogP contribution is 2.38. The minimum Gasteiger partial charge on any atom is -0.0651 e. The quantitative estimate of drug-likeness (QED) is 0.545. The van der Waals surface area contributed by atoms with Crippen LogP contribution in [0.25, 0.3) is 0 Å². The van der Waals surface area contributed by atoms with Crippen molar-refractivity contribution >= 4 is 0 Å². The van der Waals surface area contributed by atoms with Crippen molar-refractivity contribution in [2.75, 3.05) is 0 Å². The molecule has 0 heteroatoms. The van der Waals surface area contributed by atoms with Crippen LogP contribution in [0.2, 0.25) is 0 Å². The third-order valence-electron chi connectivity index (χ3n) is 5.92. The van der Waals surface area contributed by atoms with Gasteiger partial charge in [0.05, 0.1) is 0 Å². The summed E-state index contributed by atoms with van der Waals surface area (Å²) in [4.78, 5) is 0. The Bertz CT molecular complexity index is 196. The van der Waals surface area contributed by atoms with Gasteiger partial charge in [-0.15, -0.1) is 0 Å². The van der Waals surface area contributed by atoms with Gasteiger partial charge in [-0.05, 0) is 36.5 Å². The minimum atomic E-state index is 1.07. The lowest BCUT2D eigenvalue weighted by atomic mass is 9.74. The Kier molecular flexibility index (Phi) is 6.05. The van der Waals surface area contributed by atoms with Crippen LogP contribution in [0, 0.1) is 23.7 Å². The molecule has 0 heterocycles. The van der Waals surface area contributed by atoms with Crippen LogP contribution < -0.4 is 0 Å². The van der Waals surface area contributed by atoms with Crippen LogP contribution in [0.3, 0.4) is 0 Å². The van der Waals surface area contributed by atoms with E-state index in [2.05, 4.69) is 13.8 Å². The zero-order chi connectivity index (χ0) is 12.8. The van der Waals surface area contributed by atoms with E-state index in [0.717, 1.165) is 23.7 Å². The normalized spacial score (nSPS) is 37.7. The average Bonchev–Trinajstić information content (AvgIpc) is 2.45. The Hall–Kier alpha value is 0. The molecule has 2 fully saturated rings. The second-order valence-electron chi connectivity index (χ2n) is 7.19. The maximum Gasteiger partial charge on any atom is -0.0412 e. The van der Waals surface area contributed by atoms with Gasteiger partial charge in [0.25, 0.3) is 0 Å². The summed E-state index contributed by atoms with van der Waals surface area (Å²) < 4.78 is 0. The fraction of sp³-hybridized carbons (Fsp3) is 1.00. The van der Waals surface area contributed by atoms with Crippen LogP contribution in [0.5, 0.6) is 0 Å². The summed E-state index contributed by atoms with van der Waals surface area (Å²) in [5.41, 5.74) is 0. The molecule has 0 aromatic carbocycles. The molecule has 0 N–H and O–H groups in total. The summed E-state index contributed by atoms with van der Waals surface area (Å²) in [7, 11) is 0. The average molecular weight is 250 g/mol. The molecule has 2 rings (SSSR count). The van der Waals surface area contributed by atoms with Crippen molar-refractivity contribution in [3.8, 4) is 0 Å². The van der Waals surface area contributed by atoms with Gasteiger partial charge in [0.1, 0.15) is 0 Å². The van der Waals surface area contributed by atoms with Crippen LogP contribution >= 0.6 is 0 Å². The van der Waals surface area contributed by atoms with Gasteiger partial charge in [-0.25, -0.2) is 0 Å². The van der Waals surface area contributed by atoms with E-state index >= 15 is 0 Å². The first-order valence-corrected chi connectivity index (χ1v) is 8.81. The predicted octanol–water partition coefficient (Wildman–Crippen LogP) is 6.20. The first kappa shape index (κ1) is 14.4. The Labute approximate surface area is 115 Å². The van der Waals surface area contributed by atoms with Crippen molar-refractivity contribution in [3.05, 3.63) is 0 Å². The van der Waals surface area contributed by atoms with Crippen molar-refractivity contribution in [1.29, 1.82) is 0 Å². The Morgan fingerprint density at radius 3 is 1.39 bits per heavy atom. The minimum absolute atomic E-state index is 1.07. The van der Waals surface area contributed by atoms with Gasteiger partial charge >= 0.3 is 0 Å². The van der Waals surface area contributed by atoms with E-state index in [1.54, 1.807) is 38.5 Å². The van der Waals surface area contributed by atoms with Gasteiger partial charge in [-0.1, -0.05) is 78.1 Å². The van der Waals surface area contributed by atoms with Crippen molar-refractivity contribution in [1.82, 2.24) is 0 Å². The molecule has 0 aliphatic heterocycles. The summed E-state index contributed by atoms with van der Waals surface area (Å²) in [6.45, 7) is 4.78. The zero-order valence-electron chi connectivity index (χ0n) is 12.8. The fourth-order valence-corrected chi connectivity index (χ4v) is 4.54. The molecule has 4 atom stereocenters. The van der Waals surface area contributed by atoms with Crippen molar-refractivity contribution in [2.45, 2.75) is 90.9 Å². The standard InChI is InChI=1S/C18H34/c1-3-15-7-5-9-17(13-15)11-12-18-10-6-8-16(4-2)14-18/h15-18H,3-14H2,1-2H3. The SMILES string of the molecule is CCC1CCCC(CCC2CCCC(CC)C2)C1. The monoisotopic (exact) mass is 250 g/mol. The van der Waals surface area contributed by atoms with Gasteiger partial charge in [-0.3, -0.25) is 0 Å². The fourth-order valence-electron chi connectivity index (χ4n) is 4.54. The van der Waals surface area contributed by atoms with Crippen molar-refractivity contribution in [2.24, 2.45) is 23.7 Å². The Morgan fingerprint density at radius 2 is 1.00 bits per heavy atom. The smallest absolute Gasteiger partial charge is 0.0412 e. The maximum absolute atomic E-state index is 2.39. The van der Waals surface area contributed by atoms with Gasteiger partial charge in [0.2, 0.25) is 0 Å². The van der Waals surface area contributed by atoms with E-state index < -0.39 is 0 Å². The number of hydrogen-bond acceptors (Lipinski definition) is 0. The van der Waals surface area contributed by atoms with Crippen LogP contribution in [0.1, 0.15) is 90.9 Å². The molecule has 2 saturated carbocycles. The summed E-state index contributed by atoms with van der Waals surface area (Å²) in [5, 5.41) is 0. The molecule has 0 saturated heterocycles. The van der Waals surface area contributed by atoms with E-state index in [0.29, 0.717) is 0 Å². The van der Waals surface area contributed by atoms with Gasteiger partial charge in [0, 0.05) is 0 Å². The lowest BCUT2D eigenvalue weighted by Gasteiger charge is -2.32. The van der Waals surface area contributed by atoms with Crippen molar-refractivity contribution < 1.29 is 0 Å². The molecule has 2 aliphatic carbocycles. The maximum atomic E-state index is 2.39. The molecule has 2 aliphatic rings. The summed E-state index contributed by atoms with van der Waals surface area (Å²) in [5.74, 6) is 4.31. The largest absolute Gasteiger partial charge is 0.0651 e. The van der Waals surface area contributed by atoms with Crippen LogP contribution in [-0.2, 0) is 0 Å². The third kappa shape index (κ3) is 4.28. The highest BCUT2D eigenvalue weighted by molar-refractivity contribution is 4.76. The van der Waals surface area contributed by atoms with Crippen LogP contribution in [-0.4, -0.2) is 0 Å². The molecule has 0 radical (unpaired) electrons. The van der Waals surface area contributed by atoms with Crippen LogP contribution in [0.4, 0.5) is 0 Å². The van der Waals surface area contributed by atoms with Crippen molar-refractivity contribution in [3.63, 3.8) is 0 Å². The molecule has 0 amide bonds. The zero-order valence-corrected chi connectivity index (χ0v) is 12.8. The molecule has 0 bridgehead atoms. The van der Waals surface area contributed by atoms with Crippen LogP contribution in [0.15, 0.2) is 0 Å². The molecule has 0 aromatic rings. The predicted molar refractivity (Wildman–Crippen MR) is 80.7 cm³/mol. The molecular weight excluding hydrogens is 216 g/mol. The van der Waals surface area contributed by atoms with Gasteiger partial charge in [0.15, 0.2) is 0 Å². The van der Waals surface area contributed by atoms with E-state index in [4.69, 9.17) is 0 Å².